The summed E-state index contributed by atoms with van der Waals surface area (Å²) in [6, 6.07) is 1.72. The molecule has 0 fully saturated rings. The van der Waals surface area contributed by atoms with Gasteiger partial charge in [-0.05, 0) is 30.5 Å². The molecule has 6 nitrogen and oxygen atoms in total. The number of hydrazine groups is 1. The van der Waals surface area contributed by atoms with Gasteiger partial charge in [-0.25, -0.2) is 5.84 Å². The first-order valence-corrected chi connectivity index (χ1v) is 7.96. The number of hydrogen-bond acceptors (Lipinski definition) is 4. The molecule has 0 spiro atoms. The average molecular weight is 306 g/mol. The molecule has 1 aromatic heterocycles. The van der Waals surface area contributed by atoms with E-state index in [1.54, 1.807) is 10.6 Å². The smallest absolute Gasteiger partial charge is 0.270 e. The van der Waals surface area contributed by atoms with E-state index in [1.807, 2.05) is 0 Å². The van der Waals surface area contributed by atoms with Gasteiger partial charge >= 0.3 is 0 Å². The van der Waals surface area contributed by atoms with Gasteiger partial charge in [-0.3, -0.25) is 19.9 Å². The van der Waals surface area contributed by atoms with E-state index >= 15 is 0 Å². The molecule has 0 atom stereocenters. The van der Waals surface area contributed by atoms with Crippen LogP contribution in [0.4, 0.5) is 0 Å². The van der Waals surface area contributed by atoms with Crippen molar-refractivity contribution < 1.29 is 4.79 Å². The third-order valence-corrected chi connectivity index (χ3v) is 4.30. The molecule has 0 unspecified atom stereocenters. The molecule has 22 heavy (non-hydrogen) atoms. The third-order valence-electron chi connectivity index (χ3n) is 4.30. The van der Waals surface area contributed by atoms with Gasteiger partial charge in [-0.2, -0.15) is 0 Å². The van der Waals surface area contributed by atoms with Crippen LogP contribution >= 0.6 is 0 Å². The Balaban J connectivity index is 2.49. The summed E-state index contributed by atoms with van der Waals surface area (Å²) in [5.74, 6) is 5.21. The van der Waals surface area contributed by atoms with Crippen molar-refractivity contribution in [2.45, 2.75) is 46.7 Å². The van der Waals surface area contributed by atoms with E-state index in [2.05, 4.69) is 31.1 Å². The molecule has 2 heterocycles. The Hall–Kier alpha value is -1.66. The Morgan fingerprint density at radius 3 is 2.77 bits per heavy atom. The number of rotatable bonds is 5. The maximum absolute atomic E-state index is 12.6. The van der Waals surface area contributed by atoms with Crippen LogP contribution in [0.25, 0.3) is 0 Å². The molecule has 1 aliphatic heterocycles. The minimum atomic E-state index is -0.514. The zero-order chi connectivity index (χ0) is 16.3. The molecular formula is C16H26N4O2. The highest BCUT2D eigenvalue weighted by atomic mass is 16.2. The van der Waals surface area contributed by atoms with Crippen LogP contribution in [0.2, 0.25) is 0 Å². The molecular weight excluding hydrogens is 280 g/mol. The molecule has 3 N–H and O–H groups in total. The van der Waals surface area contributed by atoms with Crippen LogP contribution in [0.3, 0.4) is 0 Å². The van der Waals surface area contributed by atoms with Crippen molar-refractivity contribution in [2.24, 2.45) is 11.8 Å². The first-order valence-electron chi connectivity index (χ1n) is 7.96. The third kappa shape index (κ3) is 3.39. The van der Waals surface area contributed by atoms with E-state index in [0.29, 0.717) is 12.5 Å². The summed E-state index contributed by atoms with van der Waals surface area (Å²) in [6.07, 6.45) is 1.76. The summed E-state index contributed by atoms with van der Waals surface area (Å²) in [5, 5.41) is 0. The molecule has 1 amide bonds. The molecule has 0 aliphatic carbocycles. The number of likely N-dealkylation sites (N-methyl/N-ethyl adjacent to an activating group) is 1. The number of pyridine rings is 1. The lowest BCUT2D eigenvalue weighted by Crippen LogP contribution is -2.41. The minimum Gasteiger partial charge on any atom is -0.312 e. The first-order chi connectivity index (χ1) is 10.5. The van der Waals surface area contributed by atoms with Crippen LogP contribution in [-0.4, -0.2) is 28.5 Å². The zero-order valence-corrected chi connectivity index (χ0v) is 13.7. The van der Waals surface area contributed by atoms with Crippen molar-refractivity contribution in [1.29, 1.82) is 0 Å². The van der Waals surface area contributed by atoms with Gasteiger partial charge in [0, 0.05) is 31.7 Å². The Labute approximate surface area is 131 Å². The van der Waals surface area contributed by atoms with Crippen LogP contribution < -0.4 is 16.8 Å². The van der Waals surface area contributed by atoms with Gasteiger partial charge in [-0.15, -0.1) is 0 Å². The predicted octanol–water partition coefficient (Wildman–Crippen LogP) is 0.876. The fourth-order valence-corrected chi connectivity index (χ4v) is 2.91. The van der Waals surface area contributed by atoms with E-state index in [1.165, 1.54) is 0 Å². The molecule has 0 bridgehead atoms. The van der Waals surface area contributed by atoms with Crippen molar-refractivity contribution in [3.05, 3.63) is 33.2 Å². The second-order valence-corrected chi connectivity index (χ2v) is 6.26. The monoisotopic (exact) mass is 306 g/mol. The van der Waals surface area contributed by atoms with E-state index in [-0.39, 0.29) is 11.1 Å². The summed E-state index contributed by atoms with van der Waals surface area (Å²) in [5.41, 5.74) is 4.13. The van der Waals surface area contributed by atoms with Crippen LogP contribution in [0.1, 0.15) is 48.8 Å². The number of aromatic nitrogens is 1. The van der Waals surface area contributed by atoms with Crippen molar-refractivity contribution in [3.63, 3.8) is 0 Å². The number of carbonyl (C=O) groups excluding carboxylic acids is 1. The summed E-state index contributed by atoms with van der Waals surface area (Å²) in [4.78, 5) is 26.8. The van der Waals surface area contributed by atoms with E-state index in [9.17, 15) is 9.59 Å². The Kier molecular flexibility index (Phi) is 5.37. The number of nitrogens with one attached hydrogen (secondary N) is 1. The van der Waals surface area contributed by atoms with Crippen LogP contribution in [0.15, 0.2) is 10.9 Å². The molecule has 0 saturated carbocycles. The SMILES string of the molecule is CCN1CCc2c(cc(C(=O)NN)c(=O)n2CCC(C)C)C1. The molecule has 1 aliphatic rings. The Bertz CT molecular complexity index is 607. The Morgan fingerprint density at radius 1 is 1.45 bits per heavy atom. The average Bonchev–Trinajstić information content (AvgIpc) is 2.52. The van der Waals surface area contributed by atoms with E-state index in [0.717, 1.165) is 43.7 Å². The second-order valence-electron chi connectivity index (χ2n) is 6.26. The minimum absolute atomic E-state index is 0.142. The maximum atomic E-state index is 12.6. The lowest BCUT2D eigenvalue weighted by molar-refractivity contribution is 0.0951. The number of fused-ring (bicyclic) bond motifs is 1. The van der Waals surface area contributed by atoms with Gasteiger partial charge in [0.05, 0.1) is 0 Å². The lowest BCUT2D eigenvalue weighted by Gasteiger charge is -2.30. The topological polar surface area (TPSA) is 80.4 Å². The second kappa shape index (κ2) is 7.07. The summed E-state index contributed by atoms with van der Waals surface area (Å²) >= 11 is 0. The molecule has 1 aromatic rings. The highest BCUT2D eigenvalue weighted by Crippen LogP contribution is 2.19. The van der Waals surface area contributed by atoms with Gasteiger partial charge < -0.3 is 4.57 Å². The first kappa shape index (κ1) is 16.7. The largest absolute Gasteiger partial charge is 0.312 e. The van der Waals surface area contributed by atoms with Crippen molar-refractivity contribution in [2.75, 3.05) is 13.1 Å². The molecule has 6 heteroatoms. The van der Waals surface area contributed by atoms with Crippen molar-refractivity contribution in [3.8, 4) is 0 Å². The molecule has 122 valence electrons. The van der Waals surface area contributed by atoms with Gasteiger partial charge in [0.25, 0.3) is 11.5 Å². The molecule has 0 radical (unpaired) electrons. The van der Waals surface area contributed by atoms with E-state index < -0.39 is 5.91 Å². The molecule has 0 saturated heterocycles. The van der Waals surface area contributed by atoms with Gasteiger partial charge in [0.15, 0.2) is 0 Å². The normalized spacial score (nSPS) is 15.0. The quantitative estimate of drug-likeness (QED) is 0.481. The van der Waals surface area contributed by atoms with Gasteiger partial charge in [-0.1, -0.05) is 20.8 Å². The summed E-state index contributed by atoms with van der Waals surface area (Å²) in [7, 11) is 0. The predicted molar refractivity (Wildman–Crippen MR) is 86.5 cm³/mol. The van der Waals surface area contributed by atoms with Gasteiger partial charge in [0.1, 0.15) is 5.56 Å². The van der Waals surface area contributed by atoms with Crippen LogP contribution in [0.5, 0.6) is 0 Å². The number of carbonyl (C=O) groups is 1. The fourth-order valence-electron chi connectivity index (χ4n) is 2.91. The van der Waals surface area contributed by atoms with E-state index in [4.69, 9.17) is 5.84 Å². The number of nitrogens with zero attached hydrogens (tertiary/aromatic N) is 2. The van der Waals surface area contributed by atoms with Crippen molar-refractivity contribution in [1.82, 2.24) is 14.9 Å². The maximum Gasteiger partial charge on any atom is 0.270 e. The Morgan fingerprint density at radius 2 is 2.18 bits per heavy atom. The fraction of sp³-hybridized carbons (Fsp3) is 0.625. The number of amides is 1. The lowest BCUT2D eigenvalue weighted by atomic mass is 10.0. The molecule has 0 aromatic carbocycles. The highest BCUT2D eigenvalue weighted by Gasteiger charge is 2.23. The molecule has 2 rings (SSSR count). The number of nitrogen functional groups attached to an aromatic ring is 1. The highest BCUT2D eigenvalue weighted by molar-refractivity contribution is 5.93. The number of nitrogens with two attached hydrogens (primary N) is 1. The number of hydrogen-bond donors (Lipinski definition) is 2. The van der Waals surface area contributed by atoms with Crippen LogP contribution in [-0.2, 0) is 19.5 Å². The summed E-state index contributed by atoms with van der Waals surface area (Å²) < 4.78 is 1.78. The summed E-state index contributed by atoms with van der Waals surface area (Å²) in [6.45, 7) is 9.72. The zero-order valence-electron chi connectivity index (χ0n) is 13.7. The van der Waals surface area contributed by atoms with Gasteiger partial charge in [0.2, 0.25) is 0 Å². The standard InChI is InChI=1S/C16H26N4O2/c1-4-19-7-6-14-12(10-19)9-13(15(21)18-17)16(22)20(14)8-5-11(2)3/h9,11H,4-8,10,17H2,1-3H3,(H,18,21). The van der Waals surface area contributed by atoms with Crippen LogP contribution in [0, 0.1) is 5.92 Å². The van der Waals surface area contributed by atoms with Crippen molar-refractivity contribution >= 4 is 5.91 Å².